The number of rotatable bonds is 6. The van der Waals surface area contributed by atoms with Crippen molar-refractivity contribution in [3.8, 4) is 5.75 Å². The number of hydrogen-bond donors (Lipinski definition) is 3. The molecule has 0 radical (unpaired) electrons. The van der Waals surface area contributed by atoms with Gasteiger partial charge in [0.05, 0.1) is 21.2 Å². The highest BCUT2D eigenvalue weighted by Gasteiger charge is 2.42. The second-order valence-corrected chi connectivity index (χ2v) is 9.57. The molecule has 2 aliphatic rings. The molecule has 0 atom stereocenters. The van der Waals surface area contributed by atoms with Crippen LogP contribution in [0, 0.1) is 0 Å². The zero-order valence-corrected chi connectivity index (χ0v) is 20.2. The smallest absolute Gasteiger partial charge is 0.258 e. The Morgan fingerprint density at radius 3 is 2.55 bits per heavy atom. The molecule has 9 heteroatoms. The van der Waals surface area contributed by atoms with Crippen molar-refractivity contribution in [2.24, 2.45) is 0 Å². The van der Waals surface area contributed by atoms with E-state index >= 15 is 0 Å². The Hall–Kier alpha value is -2.48. The SMILES string of the molecule is CC(C)Nc1ccc2c(c1)OC1(CCN(CCNC(=O)c3c(Cl)cccc3Cl)CC1)NC2=O. The van der Waals surface area contributed by atoms with E-state index in [2.05, 4.69) is 34.7 Å². The van der Waals surface area contributed by atoms with E-state index in [9.17, 15) is 9.59 Å². The number of halogens is 2. The number of benzene rings is 2. The first-order valence-corrected chi connectivity index (χ1v) is 11.9. The molecule has 2 heterocycles. The van der Waals surface area contributed by atoms with Gasteiger partial charge in [-0.15, -0.1) is 0 Å². The Morgan fingerprint density at radius 2 is 1.88 bits per heavy atom. The van der Waals surface area contributed by atoms with E-state index < -0.39 is 5.72 Å². The number of hydrogen-bond acceptors (Lipinski definition) is 5. The lowest BCUT2D eigenvalue weighted by Crippen LogP contribution is -2.61. The topological polar surface area (TPSA) is 82.7 Å². The molecule has 2 amide bonds. The molecule has 1 spiro atoms. The Morgan fingerprint density at radius 1 is 1.18 bits per heavy atom. The molecule has 0 saturated carbocycles. The van der Waals surface area contributed by atoms with Gasteiger partial charge >= 0.3 is 0 Å². The molecule has 0 unspecified atom stereocenters. The van der Waals surface area contributed by atoms with Gasteiger partial charge < -0.3 is 25.6 Å². The normalized spacial score (nSPS) is 17.3. The van der Waals surface area contributed by atoms with E-state index in [0.717, 1.165) is 18.8 Å². The Bertz CT molecular complexity index is 1030. The summed E-state index contributed by atoms with van der Waals surface area (Å²) < 4.78 is 6.33. The van der Waals surface area contributed by atoms with Gasteiger partial charge in [-0.3, -0.25) is 9.59 Å². The lowest BCUT2D eigenvalue weighted by Gasteiger charge is -2.44. The number of ether oxygens (including phenoxy) is 1. The minimum atomic E-state index is -0.703. The summed E-state index contributed by atoms with van der Waals surface area (Å²) >= 11 is 12.2. The summed E-state index contributed by atoms with van der Waals surface area (Å²) in [7, 11) is 0. The first-order chi connectivity index (χ1) is 15.8. The molecule has 2 aromatic rings. The molecule has 3 N–H and O–H groups in total. The predicted octanol–water partition coefficient (Wildman–Crippen LogP) is 4.16. The molecule has 33 heavy (non-hydrogen) atoms. The van der Waals surface area contributed by atoms with Crippen molar-refractivity contribution in [3.05, 3.63) is 57.6 Å². The van der Waals surface area contributed by atoms with E-state index in [1.807, 2.05) is 12.1 Å². The van der Waals surface area contributed by atoms with Crippen LogP contribution in [0.5, 0.6) is 5.75 Å². The third kappa shape index (κ3) is 5.37. The lowest BCUT2D eigenvalue weighted by molar-refractivity contribution is -0.0285. The van der Waals surface area contributed by atoms with Gasteiger partial charge in [0, 0.05) is 56.8 Å². The summed E-state index contributed by atoms with van der Waals surface area (Å²) in [4.78, 5) is 27.4. The molecule has 0 bridgehead atoms. The van der Waals surface area contributed by atoms with Crippen molar-refractivity contribution in [1.29, 1.82) is 0 Å². The minimum Gasteiger partial charge on any atom is -0.467 e. The standard InChI is InChI=1S/C24H28Cl2N4O3/c1-15(2)28-16-6-7-17-20(14-16)33-24(29-22(17)31)8-11-30(12-9-24)13-10-27-23(32)21-18(25)4-3-5-19(21)26/h3-7,14-15,28H,8-13H2,1-2H3,(H,27,32)(H,29,31). The van der Waals surface area contributed by atoms with Gasteiger partial charge in [-0.2, -0.15) is 0 Å². The zero-order chi connectivity index (χ0) is 23.6. The van der Waals surface area contributed by atoms with E-state index in [4.69, 9.17) is 27.9 Å². The average Bonchev–Trinajstić information content (AvgIpc) is 2.74. The number of nitrogens with one attached hydrogen (secondary N) is 3. The largest absolute Gasteiger partial charge is 0.467 e. The molecule has 1 fully saturated rings. The van der Waals surface area contributed by atoms with Crippen LogP contribution in [-0.2, 0) is 0 Å². The van der Waals surface area contributed by atoms with Crippen LogP contribution in [0.3, 0.4) is 0 Å². The van der Waals surface area contributed by atoms with E-state index in [1.54, 1.807) is 24.3 Å². The summed E-state index contributed by atoms with van der Waals surface area (Å²) in [5, 5.41) is 9.96. The van der Waals surface area contributed by atoms with Gasteiger partial charge in [-0.25, -0.2) is 0 Å². The first kappa shape index (κ1) is 23.7. The van der Waals surface area contributed by atoms with Crippen LogP contribution in [0.4, 0.5) is 5.69 Å². The number of anilines is 1. The highest BCUT2D eigenvalue weighted by Crippen LogP contribution is 2.35. The number of nitrogens with zero attached hydrogens (tertiary/aromatic N) is 1. The summed E-state index contributed by atoms with van der Waals surface area (Å²) in [5.74, 6) is 0.218. The van der Waals surface area contributed by atoms with Crippen molar-refractivity contribution < 1.29 is 14.3 Å². The molecule has 1 saturated heterocycles. The summed E-state index contributed by atoms with van der Waals surface area (Å²) in [5.41, 5.74) is 1.08. The van der Waals surface area contributed by atoms with Gasteiger partial charge in [0.25, 0.3) is 11.8 Å². The number of likely N-dealkylation sites (tertiary alicyclic amines) is 1. The predicted molar refractivity (Wildman–Crippen MR) is 130 cm³/mol. The number of carbonyl (C=O) groups excluding carboxylic acids is 2. The third-order valence-electron chi connectivity index (χ3n) is 5.90. The Kier molecular flexibility index (Phi) is 7.02. The van der Waals surface area contributed by atoms with Crippen LogP contribution in [0.1, 0.15) is 47.4 Å². The van der Waals surface area contributed by atoms with Gasteiger partial charge in [-0.05, 0) is 38.1 Å². The second-order valence-electron chi connectivity index (χ2n) is 8.75. The van der Waals surface area contributed by atoms with E-state index in [0.29, 0.717) is 52.9 Å². The summed E-state index contributed by atoms with van der Waals surface area (Å²) in [6.45, 7) is 6.75. The van der Waals surface area contributed by atoms with Crippen molar-refractivity contribution in [3.63, 3.8) is 0 Å². The third-order valence-corrected chi connectivity index (χ3v) is 6.53. The van der Waals surface area contributed by atoms with Crippen LogP contribution >= 0.6 is 23.2 Å². The highest BCUT2D eigenvalue weighted by atomic mass is 35.5. The fraction of sp³-hybridized carbons (Fsp3) is 0.417. The van der Waals surface area contributed by atoms with Crippen LogP contribution in [0.2, 0.25) is 10.0 Å². The molecule has 2 aromatic carbocycles. The molecule has 7 nitrogen and oxygen atoms in total. The van der Waals surface area contributed by atoms with Gasteiger partial charge in [-0.1, -0.05) is 29.3 Å². The maximum Gasteiger partial charge on any atom is 0.258 e. The van der Waals surface area contributed by atoms with Gasteiger partial charge in [0.2, 0.25) is 0 Å². The van der Waals surface area contributed by atoms with Crippen molar-refractivity contribution in [2.75, 3.05) is 31.5 Å². The molecular formula is C24H28Cl2N4O3. The van der Waals surface area contributed by atoms with Crippen LogP contribution in [-0.4, -0.2) is 54.7 Å². The highest BCUT2D eigenvalue weighted by molar-refractivity contribution is 6.39. The molecular weight excluding hydrogens is 463 g/mol. The number of fused-ring (bicyclic) bond motifs is 1. The average molecular weight is 491 g/mol. The number of amides is 2. The number of piperidine rings is 1. The monoisotopic (exact) mass is 490 g/mol. The first-order valence-electron chi connectivity index (χ1n) is 11.1. The molecule has 0 aromatic heterocycles. The van der Waals surface area contributed by atoms with E-state index in [1.165, 1.54) is 0 Å². The fourth-order valence-electron chi connectivity index (χ4n) is 4.22. The molecule has 176 valence electrons. The Labute approximate surface area is 203 Å². The van der Waals surface area contributed by atoms with Gasteiger partial charge in [0.15, 0.2) is 5.72 Å². The lowest BCUT2D eigenvalue weighted by atomic mass is 9.96. The summed E-state index contributed by atoms with van der Waals surface area (Å²) in [6, 6.07) is 10.9. The quantitative estimate of drug-likeness (QED) is 0.566. The molecule has 4 rings (SSSR count). The maximum atomic E-state index is 12.7. The van der Waals surface area contributed by atoms with E-state index in [-0.39, 0.29) is 17.9 Å². The minimum absolute atomic E-state index is 0.107. The second kappa shape index (κ2) is 9.79. The number of carbonyl (C=O) groups is 2. The van der Waals surface area contributed by atoms with Crippen LogP contribution < -0.4 is 20.7 Å². The van der Waals surface area contributed by atoms with Crippen LogP contribution in [0.15, 0.2) is 36.4 Å². The fourth-order valence-corrected chi connectivity index (χ4v) is 4.79. The summed E-state index contributed by atoms with van der Waals surface area (Å²) in [6.07, 6.45) is 1.31. The van der Waals surface area contributed by atoms with Crippen molar-refractivity contribution in [1.82, 2.24) is 15.5 Å². The maximum absolute atomic E-state index is 12.7. The molecule has 2 aliphatic heterocycles. The molecule has 0 aliphatic carbocycles. The van der Waals surface area contributed by atoms with Crippen molar-refractivity contribution >= 4 is 40.7 Å². The zero-order valence-electron chi connectivity index (χ0n) is 18.7. The van der Waals surface area contributed by atoms with Crippen molar-refractivity contribution in [2.45, 2.75) is 38.5 Å². The van der Waals surface area contributed by atoms with Gasteiger partial charge in [0.1, 0.15) is 5.75 Å². The van der Waals surface area contributed by atoms with Crippen LogP contribution in [0.25, 0.3) is 0 Å². The Balaban J connectivity index is 1.31.